The smallest absolute Gasteiger partial charge is 0.326 e. The van der Waals surface area contributed by atoms with E-state index in [0.29, 0.717) is 27.4 Å². The first-order valence-corrected chi connectivity index (χ1v) is 11.3. The van der Waals surface area contributed by atoms with Gasteiger partial charge in [0.05, 0.1) is 16.4 Å². The van der Waals surface area contributed by atoms with Crippen LogP contribution >= 0.6 is 11.6 Å². The van der Waals surface area contributed by atoms with E-state index in [4.69, 9.17) is 11.6 Å². The van der Waals surface area contributed by atoms with Gasteiger partial charge in [-0.05, 0) is 52.9 Å². The maximum atomic E-state index is 14.8. The second-order valence-electron chi connectivity index (χ2n) is 8.59. The summed E-state index contributed by atoms with van der Waals surface area (Å²) in [5, 5.41) is 14.9. The number of carboxylic acid groups (broad SMARTS) is 1. The molecule has 1 aliphatic rings. The molecule has 35 heavy (non-hydrogen) atoms. The second kappa shape index (κ2) is 9.76. The Morgan fingerprint density at radius 3 is 2.31 bits per heavy atom. The van der Waals surface area contributed by atoms with Crippen molar-refractivity contribution in [2.24, 2.45) is 5.92 Å². The minimum atomic E-state index is -1.05. The summed E-state index contributed by atoms with van der Waals surface area (Å²) < 4.78 is 14.8. The summed E-state index contributed by atoms with van der Waals surface area (Å²) in [4.78, 5) is 38.3. The summed E-state index contributed by atoms with van der Waals surface area (Å²) in [6.07, 6.45) is 0. The SMILES string of the molecule is CC(C)[C@@H](C(=O)O)N1Cc2ccc(-c3ccc(NC(=O)Nc4ccccc4Cl)c(F)c3)cc2C1=O. The number of carbonyl (C=O) groups excluding carboxylic acids is 2. The van der Waals surface area contributed by atoms with Crippen molar-refractivity contribution in [3.63, 3.8) is 0 Å². The lowest BCUT2D eigenvalue weighted by molar-refractivity contribution is -0.144. The predicted octanol–water partition coefficient (Wildman–Crippen LogP) is 5.86. The monoisotopic (exact) mass is 495 g/mol. The van der Waals surface area contributed by atoms with Crippen LogP contribution in [0.3, 0.4) is 0 Å². The van der Waals surface area contributed by atoms with E-state index in [-0.39, 0.29) is 24.1 Å². The fraction of sp³-hybridized carbons (Fsp3) is 0.192. The van der Waals surface area contributed by atoms with Crippen molar-refractivity contribution >= 4 is 40.9 Å². The Morgan fingerprint density at radius 1 is 1.00 bits per heavy atom. The third-order valence-electron chi connectivity index (χ3n) is 5.83. The van der Waals surface area contributed by atoms with Crippen LogP contribution in [0.15, 0.2) is 60.7 Å². The van der Waals surface area contributed by atoms with Crippen molar-refractivity contribution < 1.29 is 23.9 Å². The van der Waals surface area contributed by atoms with E-state index in [9.17, 15) is 23.9 Å². The van der Waals surface area contributed by atoms with Gasteiger partial charge in [-0.1, -0.05) is 55.8 Å². The van der Waals surface area contributed by atoms with Gasteiger partial charge in [-0.15, -0.1) is 0 Å². The van der Waals surface area contributed by atoms with Crippen LogP contribution in [0.1, 0.15) is 29.8 Å². The molecule has 0 aromatic heterocycles. The maximum Gasteiger partial charge on any atom is 0.326 e. The summed E-state index contributed by atoms with van der Waals surface area (Å²) >= 11 is 6.03. The number of nitrogens with zero attached hydrogens (tertiary/aromatic N) is 1. The van der Waals surface area contributed by atoms with Gasteiger partial charge in [0.2, 0.25) is 0 Å². The highest BCUT2D eigenvalue weighted by Crippen LogP contribution is 2.32. The van der Waals surface area contributed by atoms with Crippen LogP contribution in [0.5, 0.6) is 0 Å². The lowest BCUT2D eigenvalue weighted by atomic mass is 10.00. The number of para-hydroxylation sites is 1. The highest BCUT2D eigenvalue weighted by Gasteiger charge is 2.38. The number of anilines is 2. The highest BCUT2D eigenvalue weighted by molar-refractivity contribution is 6.33. The number of carbonyl (C=O) groups is 3. The fourth-order valence-corrected chi connectivity index (χ4v) is 4.32. The number of amides is 3. The molecule has 180 valence electrons. The lowest BCUT2D eigenvalue weighted by Gasteiger charge is -2.27. The number of benzene rings is 3. The summed E-state index contributed by atoms with van der Waals surface area (Å²) in [6.45, 7) is 3.72. The average molecular weight is 496 g/mol. The Kier molecular flexibility index (Phi) is 6.75. The van der Waals surface area contributed by atoms with Gasteiger partial charge in [0.1, 0.15) is 11.9 Å². The topological polar surface area (TPSA) is 98.7 Å². The molecule has 0 fully saturated rings. The van der Waals surface area contributed by atoms with E-state index in [1.54, 1.807) is 62.4 Å². The molecule has 0 aliphatic carbocycles. The predicted molar refractivity (Wildman–Crippen MR) is 132 cm³/mol. The molecule has 3 N–H and O–H groups in total. The van der Waals surface area contributed by atoms with Gasteiger partial charge in [-0.2, -0.15) is 0 Å². The zero-order chi connectivity index (χ0) is 25.3. The van der Waals surface area contributed by atoms with Crippen LogP contribution in [0.2, 0.25) is 5.02 Å². The number of hydrogen-bond donors (Lipinski definition) is 3. The quantitative estimate of drug-likeness (QED) is 0.399. The molecule has 0 saturated carbocycles. The number of rotatable bonds is 6. The number of nitrogens with one attached hydrogen (secondary N) is 2. The fourth-order valence-electron chi connectivity index (χ4n) is 4.14. The molecule has 1 heterocycles. The molecule has 3 aromatic rings. The number of halogens is 2. The summed E-state index contributed by atoms with van der Waals surface area (Å²) in [5.74, 6) is -2.33. The van der Waals surface area contributed by atoms with Gasteiger partial charge in [0, 0.05) is 12.1 Å². The molecule has 7 nitrogen and oxygen atoms in total. The lowest BCUT2D eigenvalue weighted by Crippen LogP contribution is -2.44. The zero-order valence-corrected chi connectivity index (χ0v) is 19.8. The summed E-state index contributed by atoms with van der Waals surface area (Å²) in [7, 11) is 0. The molecule has 3 amide bonds. The number of fused-ring (bicyclic) bond motifs is 1. The molecule has 3 aromatic carbocycles. The van der Waals surface area contributed by atoms with Gasteiger partial charge in [0.15, 0.2) is 0 Å². The minimum absolute atomic E-state index is 0.0250. The number of hydrogen-bond acceptors (Lipinski definition) is 3. The Balaban J connectivity index is 1.52. The molecular weight excluding hydrogens is 473 g/mol. The van der Waals surface area contributed by atoms with Crippen molar-refractivity contribution in [3.8, 4) is 11.1 Å². The van der Waals surface area contributed by atoms with Crippen molar-refractivity contribution in [3.05, 3.63) is 82.6 Å². The normalized spacial score (nSPS) is 13.5. The number of aliphatic carboxylic acids is 1. The van der Waals surface area contributed by atoms with Crippen molar-refractivity contribution in [2.75, 3.05) is 10.6 Å². The average Bonchev–Trinajstić information content (AvgIpc) is 3.11. The molecule has 9 heteroatoms. The minimum Gasteiger partial charge on any atom is -0.480 e. The van der Waals surface area contributed by atoms with E-state index in [1.807, 2.05) is 0 Å². The van der Waals surface area contributed by atoms with Crippen LogP contribution in [0, 0.1) is 11.7 Å². The standard InChI is InChI=1S/C26H23ClFN3O4/c1-14(2)23(25(33)34)31-13-17-8-7-15(11-18(17)24(31)32)16-9-10-22(20(28)12-16)30-26(35)29-21-6-4-3-5-19(21)27/h3-12,14,23H,13H2,1-2H3,(H,33,34)(H2,29,30,35)/t23-/m0/s1. The second-order valence-corrected chi connectivity index (χ2v) is 8.99. The first kappa shape index (κ1) is 24.2. The van der Waals surface area contributed by atoms with E-state index >= 15 is 0 Å². The van der Waals surface area contributed by atoms with E-state index in [2.05, 4.69) is 10.6 Å². The molecule has 1 aliphatic heterocycles. The molecule has 4 rings (SSSR count). The molecule has 0 spiro atoms. The van der Waals surface area contributed by atoms with Gasteiger partial charge < -0.3 is 20.6 Å². The Bertz CT molecular complexity index is 1330. The Labute approximate surface area is 206 Å². The van der Waals surface area contributed by atoms with E-state index in [1.165, 1.54) is 17.0 Å². The molecule has 0 bridgehead atoms. The molecule has 1 atom stereocenters. The third-order valence-corrected chi connectivity index (χ3v) is 6.16. The number of urea groups is 1. The number of carboxylic acids is 1. The van der Waals surface area contributed by atoms with Crippen molar-refractivity contribution in [1.82, 2.24) is 4.90 Å². The third kappa shape index (κ3) is 4.97. The van der Waals surface area contributed by atoms with Crippen molar-refractivity contribution in [1.29, 1.82) is 0 Å². The first-order valence-electron chi connectivity index (χ1n) is 10.9. The molecular formula is C26H23ClFN3O4. The highest BCUT2D eigenvalue weighted by atomic mass is 35.5. The molecule has 0 radical (unpaired) electrons. The zero-order valence-electron chi connectivity index (χ0n) is 19.0. The van der Waals surface area contributed by atoms with Crippen LogP contribution in [0.25, 0.3) is 11.1 Å². The van der Waals surface area contributed by atoms with E-state index < -0.39 is 23.9 Å². The van der Waals surface area contributed by atoms with Crippen LogP contribution in [-0.2, 0) is 11.3 Å². The van der Waals surface area contributed by atoms with Crippen LogP contribution < -0.4 is 10.6 Å². The first-order chi connectivity index (χ1) is 16.7. The van der Waals surface area contributed by atoms with Gasteiger partial charge >= 0.3 is 12.0 Å². The van der Waals surface area contributed by atoms with Crippen molar-refractivity contribution in [2.45, 2.75) is 26.4 Å². The van der Waals surface area contributed by atoms with Gasteiger partial charge in [-0.3, -0.25) is 4.79 Å². The molecule has 0 saturated heterocycles. The largest absolute Gasteiger partial charge is 0.480 e. The Morgan fingerprint density at radius 2 is 1.66 bits per heavy atom. The Hall–Kier alpha value is -3.91. The van der Waals surface area contributed by atoms with Gasteiger partial charge in [0.25, 0.3) is 5.91 Å². The maximum absolute atomic E-state index is 14.8. The molecule has 0 unspecified atom stereocenters. The van der Waals surface area contributed by atoms with Gasteiger partial charge in [-0.25, -0.2) is 14.0 Å². The summed E-state index contributed by atoms with van der Waals surface area (Å²) in [5.41, 5.74) is 2.59. The van der Waals surface area contributed by atoms with Crippen LogP contribution in [0.4, 0.5) is 20.6 Å². The van der Waals surface area contributed by atoms with E-state index in [0.717, 1.165) is 5.56 Å². The summed E-state index contributed by atoms with van der Waals surface area (Å²) in [6, 6.07) is 14.6. The van der Waals surface area contributed by atoms with Crippen LogP contribution in [-0.4, -0.2) is 34.0 Å².